The monoisotopic (exact) mass is 264 g/mol. The number of esters is 1. The molecule has 2 aliphatic rings. The van der Waals surface area contributed by atoms with Gasteiger partial charge in [-0.15, -0.1) is 0 Å². The molecule has 4 nitrogen and oxygen atoms in total. The first-order valence-electron chi connectivity index (χ1n) is 6.51. The van der Waals surface area contributed by atoms with E-state index in [1.165, 1.54) is 0 Å². The molecule has 0 bridgehead atoms. The molecule has 1 aliphatic carbocycles. The van der Waals surface area contributed by atoms with Crippen LogP contribution in [-0.4, -0.2) is 34.5 Å². The van der Waals surface area contributed by atoms with Gasteiger partial charge in [-0.3, -0.25) is 0 Å². The highest BCUT2D eigenvalue weighted by Crippen LogP contribution is 2.33. The molecule has 0 aromatic heterocycles. The first-order chi connectivity index (χ1) is 8.90. The minimum Gasteiger partial charge on any atom is -0.454 e. The third-order valence-corrected chi connectivity index (χ3v) is 3.85. The molecule has 2 N–H and O–H groups in total. The molecule has 1 saturated heterocycles. The van der Waals surface area contributed by atoms with Crippen molar-refractivity contribution in [2.24, 2.45) is 5.92 Å². The van der Waals surface area contributed by atoms with E-state index in [0.29, 0.717) is 18.4 Å². The summed E-state index contributed by atoms with van der Waals surface area (Å²) in [5.41, 5.74) is 2.05. The Morgan fingerprint density at radius 2 is 2.00 bits per heavy atom. The maximum atomic E-state index is 11.6. The van der Waals surface area contributed by atoms with E-state index in [1.807, 2.05) is 13.8 Å². The summed E-state index contributed by atoms with van der Waals surface area (Å²) in [4.78, 5) is 11.6. The van der Waals surface area contributed by atoms with Crippen LogP contribution in [0.5, 0.6) is 0 Å². The van der Waals surface area contributed by atoms with Crippen LogP contribution in [0.3, 0.4) is 0 Å². The lowest BCUT2D eigenvalue weighted by Gasteiger charge is -2.22. The first-order valence-corrected chi connectivity index (χ1v) is 6.51. The van der Waals surface area contributed by atoms with Crippen LogP contribution in [0.1, 0.15) is 26.7 Å². The summed E-state index contributed by atoms with van der Waals surface area (Å²) in [6.07, 6.45) is 2.88. The van der Waals surface area contributed by atoms with Crippen LogP contribution in [-0.2, 0) is 9.53 Å². The standard InChI is InChI=1S/C15H20O4/c1-8-4-5-11(16)9(2)7-13-14(12(17)6-8)10(3)15(18)19-13/h6-7,11-14,16-17H,3-5H2,1-2H3/b8-6-,9-7+/t11-,12+,13-,14-/m0/s1. The summed E-state index contributed by atoms with van der Waals surface area (Å²) in [5.74, 6) is -0.944. The number of rotatable bonds is 0. The molecule has 0 aromatic carbocycles. The summed E-state index contributed by atoms with van der Waals surface area (Å²) in [5, 5.41) is 20.3. The predicted molar refractivity (Wildman–Crippen MR) is 71.3 cm³/mol. The lowest BCUT2D eigenvalue weighted by Crippen LogP contribution is -2.28. The van der Waals surface area contributed by atoms with Crippen molar-refractivity contribution in [3.05, 3.63) is 35.5 Å². The largest absolute Gasteiger partial charge is 0.454 e. The number of allylic oxidation sites excluding steroid dienone is 1. The Bertz CT molecular complexity index is 461. The zero-order chi connectivity index (χ0) is 14.2. The second-order valence-electron chi connectivity index (χ2n) is 5.39. The smallest absolute Gasteiger partial charge is 0.334 e. The maximum absolute atomic E-state index is 11.6. The third kappa shape index (κ3) is 2.80. The number of aliphatic hydroxyl groups is 2. The molecule has 1 fully saturated rings. The van der Waals surface area contributed by atoms with Gasteiger partial charge in [0, 0.05) is 5.57 Å². The first kappa shape index (κ1) is 14.0. The van der Waals surface area contributed by atoms with Crippen LogP contribution in [0.4, 0.5) is 0 Å². The fourth-order valence-corrected chi connectivity index (χ4v) is 2.59. The van der Waals surface area contributed by atoms with E-state index in [-0.39, 0.29) is 0 Å². The van der Waals surface area contributed by atoms with E-state index in [9.17, 15) is 15.0 Å². The lowest BCUT2D eigenvalue weighted by atomic mass is 9.86. The Morgan fingerprint density at radius 1 is 1.32 bits per heavy atom. The SMILES string of the molecule is C=C1C(=O)O[C@H]2/C=C(\C)[C@@H](O)CC/C(C)=C\[C@@H](O)[C@H]12. The molecule has 1 aliphatic heterocycles. The number of carbonyl (C=O) groups is 1. The minimum absolute atomic E-state index is 0.292. The fourth-order valence-electron chi connectivity index (χ4n) is 2.59. The molecular weight excluding hydrogens is 244 g/mol. The minimum atomic E-state index is -0.789. The van der Waals surface area contributed by atoms with Crippen molar-refractivity contribution in [2.45, 2.75) is 45.0 Å². The molecule has 4 heteroatoms. The van der Waals surface area contributed by atoms with Gasteiger partial charge in [0.1, 0.15) is 6.10 Å². The van der Waals surface area contributed by atoms with Crippen LogP contribution < -0.4 is 0 Å². The summed E-state index contributed by atoms with van der Waals surface area (Å²) < 4.78 is 5.22. The van der Waals surface area contributed by atoms with Gasteiger partial charge in [0.15, 0.2) is 0 Å². The van der Waals surface area contributed by atoms with Gasteiger partial charge < -0.3 is 14.9 Å². The summed E-state index contributed by atoms with van der Waals surface area (Å²) in [7, 11) is 0. The number of carbonyl (C=O) groups excluding carboxylic acids is 1. The quantitative estimate of drug-likeness (QED) is 0.395. The predicted octanol–water partition coefficient (Wildman–Crippen LogP) is 1.49. The van der Waals surface area contributed by atoms with Gasteiger partial charge in [0.05, 0.1) is 18.1 Å². The Hall–Kier alpha value is -1.39. The molecule has 0 unspecified atom stereocenters. The van der Waals surface area contributed by atoms with Crippen LogP contribution in [0, 0.1) is 5.92 Å². The van der Waals surface area contributed by atoms with Gasteiger partial charge in [-0.1, -0.05) is 18.2 Å². The van der Waals surface area contributed by atoms with E-state index in [2.05, 4.69) is 6.58 Å². The zero-order valence-electron chi connectivity index (χ0n) is 11.3. The molecule has 0 amide bonds. The van der Waals surface area contributed by atoms with Gasteiger partial charge in [-0.25, -0.2) is 4.79 Å². The average molecular weight is 264 g/mol. The van der Waals surface area contributed by atoms with Gasteiger partial charge in [0.25, 0.3) is 0 Å². The Kier molecular flexibility index (Phi) is 3.92. The van der Waals surface area contributed by atoms with Crippen molar-refractivity contribution in [1.82, 2.24) is 0 Å². The molecule has 104 valence electrons. The van der Waals surface area contributed by atoms with Crippen molar-refractivity contribution in [3.8, 4) is 0 Å². The van der Waals surface area contributed by atoms with Gasteiger partial charge >= 0.3 is 5.97 Å². The highest BCUT2D eigenvalue weighted by molar-refractivity contribution is 5.91. The normalized spacial score (nSPS) is 41.7. The fraction of sp³-hybridized carbons (Fsp3) is 0.533. The van der Waals surface area contributed by atoms with E-state index >= 15 is 0 Å². The molecular formula is C15H20O4. The summed E-state index contributed by atoms with van der Waals surface area (Å²) in [6, 6.07) is 0. The van der Waals surface area contributed by atoms with Crippen LogP contribution in [0.25, 0.3) is 0 Å². The Morgan fingerprint density at radius 3 is 2.68 bits per heavy atom. The highest BCUT2D eigenvalue weighted by Gasteiger charge is 2.41. The van der Waals surface area contributed by atoms with Crippen molar-refractivity contribution in [1.29, 1.82) is 0 Å². The van der Waals surface area contributed by atoms with Crippen molar-refractivity contribution < 1.29 is 19.7 Å². The zero-order valence-corrected chi connectivity index (χ0v) is 11.3. The second kappa shape index (κ2) is 5.31. The number of ether oxygens (including phenoxy) is 1. The van der Waals surface area contributed by atoms with Crippen molar-refractivity contribution in [2.75, 3.05) is 0 Å². The molecule has 4 atom stereocenters. The van der Waals surface area contributed by atoms with Gasteiger partial charge in [-0.2, -0.15) is 0 Å². The molecule has 0 radical (unpaired) electrons. The summed E-state index contributed by atoms with van der Waals surface area (Å²) in [6.45, 7) is 7.43. The van der Waals surface area contributed by atoms with Crippen LogP contribution in [0.2, 0.25) is 0 Å². The maximum Gasteiger partial charge on any atom is 0.334 e. The van der Waals surface area contributed by atoms with E-state index in [4.69, 9.17) is 4.74 Å². The molecule has 2 rings (SSSR count). The van der Waals surface area contributed by atoms with Crippen LogP contribution >= 0.6 is 0 Å². The lowest BCUT2D eigenvalue weighted by molar-refractivity contribution is -0.137. The Balaban J connectivity index is 2.39. The van der Waals surface area contributed by atoms with E-state index in [1.54, 1.807) is 12.2 Å². The molecule has 0 saturated carbocycles. The molecule has 19 heavy (non-hydrogen) atoms. The van der Waals surface area contributed by atoms with Gasteiger partial charge in [-0.05, 0) is 38.3 Å². The third-order valence-electron chi connectivity index (χ3n) is 3.85. The molecule has 1 heterocycles. The highest BCUT2D eigenvalue weighted by atomic mass is 16.6. The number of hydrogen-bond acceptors (Lipinski definition) is 4. The Labute approximate surface area is 113 Å². The number of aliphatic hydroxyl groups excluding tert-OH is 2. The van der Waals surface area contributed by atoms with E-state index in [0.717, 1.165) is 11.1 Å². The second-order valence-corrected chi connectivity index (χ2v) is 5.39. The number of fused-ring (bicyclic) bond motifs is 1. The topological polar surface area (TPSA) is 66.8 Å². The molecule has 0 spiro atoms. The van der Waals surface area contributed by atoms with Gasteiger partial charge in [0.2, 0.25) is 0 Å². The average Bonchev–Trinajstić information content (AvgIpc) is 2.60. The van der Waals surface area contributed by atoms with Crippen molar-refractivity contribution >= 4 is 5.97 Å². The molecule has 0 aromatic rings. The number of hydrogen-bond donors (Lipinski definition) is 2. The van der Waals surface area contributed by atoms with Crippen LogP contribution in [0.15, 0.2) is 35.5 Å². The van der Waals surface area contributed by atoms with Crippen molar-refractivity contribution in [3.63, 3.8) is 0 Å². The van der Waals surface area contributed by atoms with E-state index < -0.39 is 30.2 Å². The summed E-state index contributed by atoms with van der Waals surface area (Å²) >= 11 is 0.